The van der Waals surface area contributed by atoms with Crippen molar-refractivity contribution in [1.82, 2.24) is 15.0 Å². The molecule has 0 saturated carbocycles. The van der Waals surface area contributed by atoms with Crippen LogP contribution < -0.4 is 0 Å². The molecule has 0 saturated heterocycles. The third-order valence-electron chi connectivity index (χ3n) is 2.71. The number of nitrogens with zero attached hydrogens (tertiary/aromatic N) is 3. The molecule has 2 rings (SSSR count). The van der Waals surface area contributed by atoms with E-state index in [1.165, 1.54) is 0 Å². The van der Waals surface area contributed by atoms with E-state index in [0.29, 0.717) is 5.02 Å². The molecule has 1 heterocycles. The van der Waals surface area contributed by atoms with Gasteiger partial charge in [-0.15, -0.1) is 16.9 Å². The fourth-order valence-corrected chi connectivity index (χ4v) is 3.25. The fraction of sp³-hybridized carbons (Fsp3) is 0.385. The average Bonchev–Trinajstić information content (AvgIpc) is 2.90. The summed E-state index contributed by atoms with van der Waals surface area (Å²) in [5.41, 5.74) is 0.971. The largest absolute Gasteiger partial charge is 0.251 e. The van der Waals surface area contributed by atoms with Gasteiger partial charge in [-0.1, -0.05) is 51.3 Å². The molecule has 20 heavy (non-hydrogen) atoms. The van der Waals surface area contributed by atoms with Crippen LogP contribution in [0.1, 0.15) is 23.9 Å². The first-order valence-corrected chi connectivity index (χ1v) is 8.87. The molecule has 1 aromatic heterocycles. The molecule has 7 heteroatoms. The van der Waals surface area contributed by atoms with Gasteiger partial charge in [0.05, 0.1) is 22.1 Å². The molecule has 0 aliphatic rings. The minimum atomic E-state index is 0.270. The van der Waals surface area contributed by atoms with E-state index < -0.39 is 0 Å². The predicted octanol–water partition coefficient (Wildman–Crippen LogP) is 5.22. The van der Waals surface area contributed by atoms with Gasteiger partial charge in [-0.3, -0.25) is 4.68 Å². The number of thioether (sulfide) groups is 1. The number of hydrogen-bond acceptors (Lipinski definition) is 3. The minimum Gasteiger partial charge on any atom is -0.251 e. The molecule has 0 spiro atoms. The topological polar surface area (TPSA) is 30.7 Å². The Morgan fingerprint density at radius 1 is 1.40 bits per heavy atom. The summed E-state index contributed by atoms with van der Waals surface area (Å²) in [7, 11) is 0. The highest BCUT2D eigenvalue weighted by atomic mass is 79.9. The summed E-state index contributed by atoms with van der Waals surface area (Å²) < 4.78 is 1.85. The van der Waals surface area contributed by atoms with Gasteiger partial charge in [0.25, 0.3) is 0 Å². The number of aryl methyl sites for hydroxylation is 1. The van der Waals surface area contributed by atoms with E-state index in [4.69, 9.17) is 23.2 Å². The van der Waals surface area contributed by atoms with Crippen molar-refractivity contribution in [3.63, 3.8) is 0 Å². The molecular weight excluding hydrogens is 381 g/mol. The summed E-state index contributed by atoms with van der Waals surface area (Å²) in [4.78, 5) is 1.26. The third-order valence-corrected chi connectivity index (χ3v) is 5.54. The van der Waals surface area contributed by atoms with Crippen LogP contribution in [0.25, 0.3) is 0 Å². The third kappa shape index (κ3) is 4.38. The zero-order chi connectivity index (χ0) is 14.5. The zero-order valence-corrected chi connectivity index (χ0v) is 14.8. The lowest BCUT2D eigenvalue weighted by molar-refractivity contribution is 0.632. The van der Waals surface area contributed by atoms with E-state index in [1.807, 2.05) is 23.0 Å². The van der Waals surface area contributed by atoms with Crippen LogP contribution in [0, 0.1) is 0 Å². The molecular formula is C13H14BrCl2N3S. The summed E-state index contributed by atoms with van der Waals surface area (Å²) >= 11 is 17.3. The van der Waals surface area contributed by atoms with Crippen LogP contribution in [0.2, 0.25) is 10.0 Å². The number of aromatic nitrogens is 3. The SMILES string of the molecule is CCC(Br)c1cn(CCSc2cc(Cl)ccc2Cl)nn1. The molecule has 0 aliphatic heterocycles. The Labute approximate surface area is 141 Å². The van der Waals surface area contributed by atoms with E-state index >= 15 is 0 Å². The van der Waals surface area contributed by atoms with Crippen LogP contribution >= 0.6 is 50.9 Å². The lowest BCUT2D eigenvalue weighted by Crippen LogP contribution is -2.01. The maximum absolute atomic E-state index is 6.12. The lowest BCUT2D eigenvalue weighted by Gasteiger charge is -2.04. The standard InChI is InChI=1S/C13H14BrCl2N3S/c1-2-10(14)12-8-19(18-17-12)5-6-20-13-7-9(15)3-4-11(13)16/h3-4,7-8,10H,2,5-6H2,1H3. The monoisotopic (exact) mass is 393 g/mol. The molecule has 0 amide bonds. The lowest BCUT2D eigenvalue weighted by atomic mass is 10.3. The number of halogens is 3. The second-order valence-electron chi connectivity index (χ2n) is 4.21. The van der Waals surface area contributed by atoms with Gasteiger partial charge in [0.15, 0.2) is 0 Å². The van der Waals surface area contributed by atoms with Gasteiger partial charge >= 0.3 is 0 Å². The first-order valence-electron chi connectivity index (χ1n) is 6.22. The molecule has 0 N–H and O–H groups in total. The molecule has 0 bridgehead atoms. The number of hydrogen-bond donors (Lipinski definition) is 0. The molecule has 0 radical (unpaired) electrons. The van der Waals surface area contributed by atoms with E-state index in [2.05, 4.69) is 33.2 Å². The van der Waals surface area contributed by atoms with E-state index in [0.717, 1.165) is 34.3 Å². The maximum Gasteiger partial charge on any atom is 0.0963 e. The van der Waals surface area contributed by atoms with E-state index in [1.54, 1.807) is 17.8 Å². The summed E-state index contributed by atoms with van der Waals surface area (Å²) in [6, 6.07) is 5.49. The van der Waals surface area contributed by atoms with Gasteiger partial charge in [0, 0.05) is 21.9 Å². The molecule has 3 nitrogen and oxygen atoms in total. The Kier molecular flexibility index (Phi) is 6.20. The number of benzene rings is 1. The smallest absolute Gasteiger partial charge is 0.0963 e. The van der Waals surface area contributed by atoms with Gasteiger partial charge in [0.2, 0.25) is 0 Å². The van der Waals surface area contributed by atoms with Crippen LogP contribution in [0.5, 0.6) is 0 Å². The quantitative estimate of drug-likeness (QED) is 0.496. The Morgan fingerprint density at radius 2 is 2.20 bits per heavy atom. The van der Waals surface area contributed by atoms with E-state index in [-0.39, 0.29) is 4.83 Å². The number of rotatable bonds is 6. The normalized spacial score (nSPS) is 12.6. The van der Waals surface area contributed by atoms with Crippen LogP contribution in [0.15, 0.2) is 29.3 Å². The van der Waals surface area contributed by atoms with Gasteiger partial charge in [-0.25, -0.2) is 0 Å². The van der Waals surface area contributed by atoms with Crippen molar-refractivity contribution in [2.24, 2.45) is 0 Å². The molecule has 2 aromatic rings. The highest BCUT2D eigenvalue weighted by Gasteiger charge is 2.09. The molecule has 108 valence electrons. The van der Waals surface area contributed by atoms with Crippen LogP contribution in [0.3, 0.4) is 0 Å². The summed E-state index contributed by atoms with van der Waals surface area (Å²) in [5.74, 6) is 0.863. The first kappa shape index (κ1) is 16.1. The molecule has 1 unspecified atom stereocenters. The van der Waals surface area contributed by atoms with Crippen molar-refractivity contribution >= 4 is 50.9 Å². The van der Waals surface area contributed by atoms with Crippen LogP contribution in [0.4, 0.5) is 0 Å². The van der Waals surface area contributed by atoms with Crippen molar-refractivity contribution in [2.45, 2.75) is 29.6 Å². The fourth-order valence-electron chi connectivity index (χ4n) is 1.61. The maximum atomic E-state index is 6.12. The summed E-state index contributed by atoms with van der Waals surface area (Å²) in [6.45, 7) is 2.89. The Morgan fingerprint density at radius 3 is 2.95 bits per heavy atom. The first-order chi connectivity index (χ1) is 9.60. The molecule has 0 fully saturated rings. The Hall–Kier alpha value is -0.230. The van der Waals surface area contributed by atoms with Crippen LogP contribution in [-0.4, -0.2) is 20.7 Å². The van der Waals surface area contributed by atoms with Gasteiger partial charge in [-0.05, 0) is 24.6 Å². The second-order valence-corrected chi connectivity index (χ2v) is 7.29. The highest BCUT2D eigenvalue weighted by molar-refractivity contribution is 9.09. The molecule has 1 atom stereocenters. The average molecular weight is 395 g/mol. The Balaban J connectivity index is 1.89. The van der Waals surface area contributed by atoms with Crippen molar-refractivity contribution in [3.05, 3.63) is 40.1 Å². The van der Waals surface area contributed by atoms with E-state index in [9.17, 15) is 0 Å². The second kappa shape index (κ2) is 7.69. The molecule has 1 aromatic carbocycles. The summed E-state index contributed by atoms with van der Waals surface area (Å²) in [5, 5.41) is 9.70. The highest BCUT2D eigenvalue weighted by Crippen LogP contribution is 2.30. The van der Waals surface area contributed by atoms with Crippen molar-refractivity contribution in [3.8, 4) is 0 Å². The Bertz CT molecular complexity index is 576. The van der Waals surface area contributed by atoms with Crippen molar-refractivity contribution < 1.29 is 0 Å². The van der Waals surface area contributed by atoms with Gasteiger partial charge in [0.1, 0.15) is 0 Å². The predicted molar refractivity (Wildman–Crippen MR) is 89.2 cm³/mol. The van der Waals surface area contributed by atoms with Crippen molar-refractivity contribution in [1.29, 1.82) is 0 Å². The molecule has 0 aliphatic carbocycles. The van der Waals surface area contributed by atoms with Gasteiger partial charge < -0.3 is 0 Å². The number of alkyl halides is 1. The summed E-state index contributed by atoms with van der Waals surface area (Å²) in [6.07, 6.45) is 2.97. The van der Waals surface area contributed by atoms with Crippen molar-refractivity contribution in [2.75, 3.05) is 5.75 Å². The van der Waals surface area contributed by atoms with Gasteiger partial charge in [-0.2, -0.15) is 0 Å². The zero-order valence-electron chi connectivity index (χ0n) is 10.9. The van der Waals surface area contributed by atoms with Crippen LogP contribution in [-0.2, 0) is 6.54 Å². The minimum absolute atomic E-state index is 0.270.